The van der Waals surface area contributed by atoms with Crippen molar-refractivity contribution >= 4 is 38.0 Å². The third-order valence-corrected chi connectivity index (χ3v) is 15.9. The van der Waals surface area contributed by atoms with Gasteiger partial charge < -0.3 is 23.7 Å². The number of β-lactam (4-membered cyclic amide) rings is 1. The Morgan fingerprint density at radius 1 is 1.10 bits per heavy atom. The summed E-state index contributed by atoms with van der Waals surface area (Å²) < 4.78 is 17.5. The molecule has 0 spiro atoms. The number of amides is 2. The van der Waals surface area contributed by atoms with Crippen molar-refractivity contribution in [2.24, 2.45) is 17.8 Å². The van der Waals surface area contributed by atoms with Gasteiger partial charge in [0.05, 0.1) is 18.1 Å². The standard InChI is InChI=1S/C32H50N2O6SSi/c1-9-17-38-30(36)28-26-23(27-25(29(35)34(27)28)21(3)40-42(7,8)32(4,5)6)14-11-15-24(26)41-20-22-13-12-16-33(19-22)31(37)39-18-10-2/h9-10,21-25,27H,1-2,11-20H2,3-8H3/t21-,22+,23-,24+,25-,27-/m1/s1. The van der Waals surface area contributed by atoms with Crippen LogP contribution in [0.4, 0.5) is 4.79 Å². The summed E-state index contributed by atoms with van der Waals surface area (Å²) in [5, 5.41) is 0.171. The van der Waals surface area contributed by atoms with E-state index in [4.69, 9.17) is 13.9 Å². The Hall–Kier alpha value is -2.04. The monoisotopic (exact) mass is 618 g/mol. The fourth-order valence-corrected chi connectivity index (χ4v) is 9.75. The predicted octanol–water partition coefficient (Wildman–Crippen LogP) is 6.16. The first kappa shape index (κ1) is 32.9. The van der Waals surface area contributed by atoms with Gasteiger partial charge in [0.15, 0.2) is 8.32 Å². The molecule has 3 fully saturated rings. The van der Waals surface area contributed by atoms with Crippen molar-refractivity contribution in [2.75, 3.05) is 32.1 Å². The number of hydrogen-bond acceptors (Lipinski definition) is 7. The molecule has 2 saturated heterocycles. The average molecular weight is 619 g/mol. The van der Waals surface area contributed by atoms with Crippen LogP contribution >= 0.6 is 11.8 Å². The number of likely N-dealkylation sites (tertiary alicyclic amines) is 1. The van der Waals surface area contributed by atoms with Crippen LogP contribution in [-0.4, -0.2) is 85.5 Å². The van der Waals surface area contributed by atoms with Crippen LogP contribution in [0, 0.1) is 17.8 Å². The van der Waals surface area contributed by atoms with Crippen LogP contribution < -0.4 is 0 Å². The van der Waals surface area contributed by atoms with Gasteiger partial charge in [-0.05, 0) is 68.0 Å². The minimum atomic E-state index is -2.09. The lowest BCUT2D eigenvalue weighted by atomic mass is 9.72. The van der Waals surface area contributed by atoms with Crippen LogP contribution in [0.15, 0.2) is 36.6 Å². The lowest BCUT2D eigenvalue weighted by Crippen LogP contribution is -2.65. The van der Waals surface area contributed by atoms with Crippen LogP contribution in [-0.2, 0) is 23.5 Å². The molecule has 1 saturated carbocycles. The maximum absolute atomic E-state index is 13.8. The number of esters is 1. The zero-order valence-corrected chi connectivity index (χ0v) is 28.2. The molecule has 0 radical (unpaired) electrons. The second-order valence-corrected chi connectivity index (χ2v) is 19.7. The van der Waals surface area contributed by atoms with Crippen molar-refractivity contribution in [1.82, 2.24) is 9.80 Å². The minimum Gasteiger partial charge on any atom is -0.457 e. The number of ether oxygens (including phenoxy) is 2. The molecule has 4 rings (SSSR count). The fraction of sp³-hybridized carbons (Fsp3) is 0.719. The maximum Gasteiger partial charge on any atom is 0.410 e. The molecule has 0 aromatic rings. The third-order valence-electron chi connectivity index (χ3n) is 9.80. The molecular formula is C32H50N2O6SSi. The van der Waals surface area contributed by atoms with Gasteiger partial charge in [-0.3, -0.25) is 4.79 Å². The highest BCUT2D eigenvalue weighted by Gasteiger charge is 2.63. The number of nitrogens with zero attached hydrogens (tertiary/aromatic N) is 2. The smallest absolute Gasteiger partial charge is 0.410 e. The first-order chi connectivity index (χ1) is 19.8. The van der Waals surface area contributed by atoms with E-state index in [9.17, 15) is 14.4 Å². The molecule has 4 aliphatic rings. The summed E-state index contributed by atoms with van der Waals surface area (Å²) in [7, 11) is -2.09. The van der Waals surface area contributed by atoms with Crippen LogP contribution in [0.25, 0.3) is 0 Å². The minimum absolute atomic E-state index is 0.0247. The second kappa shape index (κ2) is 13.3. The first-order valence-electron chi connectivity index (χ1n) is 15.5. The van der Waals surface area contributed by atoms with E-state index >= 15 is 0 Å². The van der Waals surface area contributed by atoms with Crippen LogP contribution in [0.1, 0.15) is 59.8 Å². The molecule has 1 aliphatic carbocycles. The van der Waals surface area contributed by atoms with Gasteiger partial charge in [-0.2, -0.15) is 11.8 Å². The van der Waals surface area contributed by atoms with Crippen molar-refractivity contribution in [3.8, 4) is 0 Å². The lowest BCUT2D eigenvalue weighted by molar-refractivity contribution is -0.163. The summed E-state index contributed by atoms with van der Waals surface area (Å²) in [4.78, 5) is 43.2. The SMILES string of the molecule is C=CCOC(=O)C1=C2[C@@H](SC[C@H]3CCCN(C(=O)OCC=C)C3)CCC[C@H]2[C@@H]2[C@@H]([C@@H](C)O[Si](C)(C)C(C)(C)C)C(=O)N12. The Bertz CT molecular complexity index is 1100. The van der Waals surface area contributed by atoms with Gasteiger partial charge >= 0.3 is 12.1 Å². The zero-order chi connectivity index (χ0) is 30.8. The highest BCUT2D eigenvalue weighted by atomic mass is 32.2. The summed E-state index contributed by atoms with van der Waals surface area (Å²) in [5.74, 6) is 0.650. The number of piperidine rings is 1. The summed E-state index contributed by atoms with van der Waals surface area (Å²) in [6.07, 6.45) is 7.61. The van der Waals surface area contributed by atoms with Crippen molar-refractivity contribution < 1.29 is 28.3 Å². The molecule has 2 amide bonds. The Labute approximate surface area is 257 Å². The topological polar surface area (TPSA) is 85.4 Å². The molecule has 3 aliphatic heterocycles. The summed E-state index contributed by atoms with van der Waals surface area (Å²) in [6, 6.07) is -0.0632. The normalized spacial score (nSPS) is 28.4. The summed E-state index contributed by atoms with van der Waals surface area (Å²) >= 11 is 1.87. The van der Waals surface area contributed by atoms with Crippen LogP contribution in [0.5, 0.6) is 0 Å². The van der Waals surface area contributed by atoms with Gasteiger partial charge in [-0.15, -0.1) is 0 Å². The van der Waals surface area contributed by atoms with Gasteiger partial charge in [0.2, 0.25) is 5.91 Å². The molecule has 0 bridgehead atoms. The number of fused-ring (bicyclic) bond motifs is 3. The number of rotatable bonds is 11. The van der Waals surface area contributed by atoms with Gasteiger partial charge in [0, 0.05) is 24.3 Å². The van der Waals surface area contributed by atoms with E-state index in [0.717, 1.165) is 43.4 Å². The van der Waals surface area contributed by atoms with Gasteiger partial charge in [0.25, 0.3) is 0 Å². The Balaban J connectivity index is 1.52. The molecule has 234 valence electrons. The number of carbonyl (C=O) groups is 3. The van der Waals surface area contributed by atoms with E-state index in [1.165, 1.54) is 0 Å². The zero-order valence-electron chi connectivity index (χ0n) is 26.4. The average Bonchev–Trinajstić information content (AvgIpc) is 3.23. The van der Waals surface area contributed by atoms with Gasteiger partial charge in [-0.25, -0.2) is 9.59 Å². The van der Waals surface area contributed by atoms with E-state index in [-0.39, 0.29) is 59.5 Å². The van der Waals surface area contributed by atoms with E-state index in [1.807, 2.05) is 18.7 Å². The molecule has 0 aromatic heterocycles. The molecule has 10 heteroatoms. The maximum atomic E-state index is 13.8. The highest BCUT2D eigenvalue weighted by molar-refractivity contribution is 8.00. The van der Waals surface area contributed by atoms with E-state index in [0.29, 0.717) is 24.7 Å². The Kier molecular flexibility index (Phi) is 10.4. The summed E-state index contributed by atoms with van der Waals surface area (Å²) in [6.45, 7) is 22.1. The number of hydrogen-bond donors (Lipinski definition) is 0. The molecule has 0 N–H and O–H groups in total. The fourth-order valence-electron chi connectivity index (χ4n) is 6.74. The molecule has 6 atom stereocenters. The predicted molar refractivity (Wildman–Crippen MR) is 169 cm³/mol. The van der Waals surface area contributed by atoms with E-state index < -0.39 is 14.3 Å². The van der Waals surface area contributed by atoms with E-state index in [1.54, 1.807) is 22.0 Å². The molecule has 3 heterocycles. The molecule has 0 aromatic carbocycles. The molecule has 0 unspecified atom stereocenters. The highest BCUT2D eigenvalue weighted by Crippen LogP contribution is 2.55. The number of thioether (sulfide) groups is 1. The lowest BCUT2D eigenvalue weighted by Gasteiger charge is -2.51. The van der Waals surface area contributed by atoms with Crippen molar-refractivity contribution in [1.29, 1.82) is 0 Å². The van der Waals surface area contributed by atoms with Crippen LogP contribution in [0.2, 0.25) is 18.1 Å². The molecular weight excluding hydrogens is 569 g/mol. The second-order valence-electron chi connectivity index (χ2n) is 13.7. The Morgan fingerprint density at radius 2 is 1.79 bits per heavy atom. The summed E-state index contributed by atoms with van der Waals surface area (Å²) in [5.41, 5.74) is 1.54. The van der Waals surface area contributed by atoms with E-state index in [2.05, 4.69) is 47.0 Å². The van der Waals surface area contributed by atoms with Crippen molar-refractivity contribution in [2.45, 2.75) is 95.3 Å². The number of carbonyl (C=O) groups excluding carboxylic acids is 3. The van der Waals surface area contributed by atoms with Gasteiger partial charge in [-0.1, -0.05) is 52.5 Å². The van der Waals surface area contributed by atoms with Gasteiger partial charge in [0.1, 0.15) is 18.9 Å². The van der Waals surface area contributed by atoms with Crippen LogP contribution in [0.3, 0.4) is 0 Å². The third kappa shape index (κ3) is 6.55. The largest absolute Gasteiger partial charge is 0.457 e. The first-order valence-corrected chi connectivity index (χ1v) is 19.4. The Morgan fingerprint density at radius 3 is 2.45 bits per heavy atom. The van der Waals surface area contributed by atoms with Crippen molar-refractivity contribution in [3.63, 3.8) is 0 Å². The molecule has 8 nitrogen and oxygen atoms in total. The molecule has 42 heavy (non-hydrogen) atoms. The quantitative estimate of drug-likeness (QED) is 0.119. The van der Waals surface area contributed by atoms with Crippen molar-refractivity contribution in [3.05, 3.63) is 36.6 Å².